The van der Waals surface area contributed by atoms with E-state index in [1.807, 2.05) is 0 Å². The van der Waals surface area contributed by atoms with Crippen molar-refractivity contribution in [3.05, 3.63) is 36.2 Å². The Bertz CT molecular complexity index is 395. The quantitative estimate of drug-likeness (QED) is 0.615. The molecule has 0 saturated heterocycles. The van der Waals surface area contributed by atoms with Crippen LogP contribution in [0.3, 0.4) is 0 Å². The van der Waals surface area contributed by atoms with E-state index in [0.29, 0.717) is 11.3 Å². The molecule has 0 saturated carbocycles. The summed E-state index contributed by atoms with van der Waals surface area (Å²) < 4.78 is 0. The molecule has 0 aromatic carbocycles. The number of hydrogen-bond acceptors (Lipinski definition) is 3. The number of nitrogens with zero attached hydrogens (tertiary/aromatic N) is 1. The standard InChI is InChI=1S/C9H6N2O2/c12-8-5-6(9(13)11-8)7-3-1-2-4-10-7/h1-5H,(H,11,12,13). The van der Waals surface area contributed by atoms with Crippen molar-refractivity contribution in [1.82, 2.24) is 10.3 Å². The number of imide groups is 1. The van der Waals surface area contributed by atoms with Crippen molar-refractivity contribution < 1.29 is 9.59 Å². The van der Waals surface area contributed by atoms with Gasteiger partial charge in [0.15, 0.2) is 0 Å². The first kappa shape index (κ1) is 7.67. The topological polar surface area (TPSA) is 59.1 Å². The summed E-state index contributed by atoms with van der Waals surface area (Å²) in [6.07, 6.45) is 2.83. The molecule has 1 aliphatic heterocycles. The Morgan fingerprint density at radius 2 is 2.08 bits per heavy atom. The maximum atomic E-state index is 11.1. The van der Waals surface area contributed by atoms with Gasteiger partial charge >= 0.3 is 0 Å². The maximum absolute atomic E-state index is 11.1. The van der Waals surface area contributed by atoms with Crippen molar-refractivity contribution >= 4 is 17.4 Å². The predicted octanol–water partition coefficient (Wildman–Crippen LogP) is 0.121. The number of carbonyl (C=O) groups is 2. The SMILES string of the molecule is O=C1C=C(c2ccccn2)C(=O)N1. The molecule has 1 N–H and O–H groups in total. The monoisotopic (exact) mass is 174 g/mol. The molecule has 2 amide bonds. The molecule has 1 aromatic rings. The van der Waals surface area contributed by atoms with Crippen molar-refractivity contribution in [2.75, 3.05) is 0 Å². The van der Waals surface area contributed by atoms with Crippen LogP contribution in [-0.2, 0) is 9.59 Å². The van der Waals surface area contributed by atoms with Gasteiger partial charge in [-0.25, -0.2) is 0 Å². The van der Waals surface area contributed by atoms with Crippen LogP contribution < -0.4 is 5.32 Å². The molecule has 0 spiro atoms. The Balaban J connectivity index is 2.43. The number of nitrogens with one attached hydrogen (secondary N) is 1. The van der Waals surface area contributed by atoms with Crippen LogP contribution in [0, 0.1) is 0 Å². The zero-order chi connectivity index (χ0) is 9.26. The summed E-state index contributed by atoms with van der Waals surface area (Å²) in [5.74, 6) is -0.769. The molecule has 0 unspecified atom stereocenters. The lowest BCUT2D eigenvalue weighted by atomic mass is 10.2. The molecule has 0 atom stereocenters. The third-order valence-electron chi connectivity index (χ3n) is 1.70. The molecule has 1 aromatic heterocycles. The maximum Gasteiger partial charge on any atom is 0.260 e. The van der Waals surface area contributed by atoms with E-state index in [2.05, 4.69) is 10.3 Å². The second-order valence-corrected chi connectivity index (χ2v) is 2.59. The summed E-state index contributed by atoms with van der Waals surface area (Å²) >= 11 is 0. The summed E-state index contributed by atoms with van der Waals surface area (Å²) in [6, 6.07) is 5.20. The van der Waals surface area contributed by atoms with E-state index in [1.54, 1.807) is 24.4 Å². The van der Waals surface area contributed by atoms with Crippen LogP contribution in [0.2, 0.25) is 0 Å². The fourth-order valence-corrected chi connectivity index (χ4v) is 1.12. The highest BCUT2D eigenvalue weighted by atomic mass is 16.2. The van der Waals surface area contributed by atoms with Crippen molar-refractivity contribution in [3.63, 3.8) is 0 Å². The summed E-state index contributed by atoms with van der Waals surface area (Å²) in [4.78, 5) is 25.9. The summed E-state index contributed by atoms with van der Waals surface area (Å²) in [6.45, 7) is 0. The largest absolute Gasteiger partial charge is 0.289 e. The number of amides is 2. The van der Waals surface area contributed by atoms with Crippen LogP contribution in [0.5, 0.6) is 0 Å². The number of pyridine rings is 1. The summed E-state index contributed by atoms with van der Waals surface area (Å²) in [7, 11) is 0. The van der Waals surface area contributed by atoms with Gasteiger partial charge in [-0.05, 0) is 12.1 Å². The average molecular weight is 174 g/mol. The fraction of sp³-hybridized carbons (Fsp3) is 0. The van der Waals surface area contributed by atoms with E-state index in [-0.39, 0.29) is 11.8 Å². The van der Waals surface area contributed by atoms with Gasteiger partial charge < -0.3 is 0 Å². The number of aromatic nitrogens is 1. The molecular weight excluding hydrogens is 168 g/mol. The zero-order valence-electron chi connectivity index (χ0n) is 6.65. The van der Waals surface area contributed by atoms with Gasteiger partial charge in [0.25, 0.3) is 11.8 Å². The molecule has 13 heavy (non-hydrogen) atoms. The first-order valence-electron chi connectivity index (χ1n) is 3.76. The van der Waals surface area contributed by atoms with Crippen molar-refractivity contribution in [2.45, 2.75) is 0 Å². The van der Waals surface area contributed by atoms with Gasteiger partial charge in [0, 0.05) is 12.3 Å². The molecule has 2 heterocycles. The van der Waals surface area contributed by atoms with Gasteiger partial charge in [-0.1, -0.05) is 6.07 Å². The first-order chi connectivity index (χ1) is 6.27. The summed E-state index contributed by atoms with van der Waals surface area (Å²) in [5, 5.41) is 2.15. The lowest BCUT2D eigenvalue weighted by molar-refractivity contribution is -0.123. The summed E-state index contributed by atoms with van der Waals surface area (Å²) in [5.41, 5.74) is 0.844. The molecule has 64 valence electrons. The van der Waals surface area contributed by atoms with E-state index < -0.39 is 0 Å². The highest BCUT2D eigenvalue weighted by Crippen LogP contribution is 2.14. The second kappa shape index (κ2) is 2.82. The van der Waals surface area contributed by atoms with Crippen LogP contribution >= 0.6 is 0 Å². The van der Waals surface area contributed by atoms with Gasteiger partial charge in [0.05, 0.1) is 11.3 Å². The number of hydrogen-bond donors (Lipinski definition) is 1. The van der Waals surface area contributed by atoms with Gasteiger partial charge in [-0.3, -0.25) is 19.9 Å². The van der Waals surface area contributed by atoms with Gasteiger partial charge in [-0.2, -0.15) is 0 Å². The fourth-order valence-electron chi connectivity index (χ4n) is 1.12. The van der Waals surface area contributed by atoms with Gasteiger partial charge in [0.1, 0.15) is 0 Å². The van der Waals surface area contributed by atoms with E-state index in [9.17, 15) is 9.59 Å². The Labute approximate surface area is 74.3 Å². The van der Waals surface area contributed by atoms with Crippen LogP contribution in [0.15, 0.2) is 30.5 Å². The molecule has 0 aliphatic carbocycles. The minimum Gasteiger partial charge on any atom is -0.289 e. The number of carbonyl (C=O) groups excluding carboxylic acids is 2. The van der Waals surface area contributed by atoms with Crippen molar-refractivity contribution in [1.29, 1.82) is 0 Å². The molecule has 0 bridgehead atoms. The minimum atomic E-state index is -0.385. The van der Waals surface area contributed by atoms with Crippen molar-refractivity contribution in [2.24, 2.45) is 0 Å². The average Bonchev–Trinajstić information content (AvgIpc) is 2.47. The minimum absolute atomic E-state index is 0.325. The molecule has 0 fully saturated rings. The Kier molecular flexibility index (Phi) is 1.66. The van der Waals surface area contributed by atoms with Gasteiger partial charge in [-0.15, -0.1) is 0 Å². The van der Waals surface area contributed by atoms with Gasteiger partial charge in [0.2, 0.25) is 0 Å². The molecule has 4 heteroatoms. The zero-order valence-corrected chi connectivity index (χ0v) is 6.65. The first-order valence-corrected chi connectivity index (χ1v) is 3.76. The molecule has 2 rings (SSSR count). The molecular formula is C9H6N2O2. The molecule has 1 aliphatic rings. The van der Waals surface area contributed by atoms with E-state index in [0.717, 1.165) is 0 Å². The third kappa shape index (κ3) is 1.33. The van der Waals surface area contributed by atoms with E-state index in [4.69, 9.17) is 0 Å². The molecule has 4 nitrogen and oxygen atoms in total. The highest BCUT2D eigenvalue weighted by Gasteiger charge is 2.22. The second-order valence-electron chi connectivity index (χ2n) is 2.59. The third-order valence-corrected chi connectivity index (χ3v) is 1.70. The Morgan fingerprint density at radius 1 is 1.23 bits per heavy atom. The van der Waals surface area contributed by atoms with Crippen molar-refractivity contribution in [3.8, 4) is 0 Å². The Hall–Kier alpha value is -1.97. The smallest absolute Gasteiger partial charge is 0.260 e. The van der Waals surface area contributed by atoms with Crippen LogP contribution in [0.1, 0.15) is 5.69 Å². The highest BCUT2D eigenvalue weighted by molar-refractivity contribution is 6.33. The van der Waals surface area contributed by atoms with E-state index in [1.165, 1.54) is 6.08 Å². The lowest BCUT2D eigenvalue weighted by Crippen LogP contribution is -2.21. The van der Waals surface area contributed by atoms with E-state index >= 15 is 0 Å². The van der Waals surface area contributed by atoms with Crippen LogP contribution in [-0.4, -0.2) is 16.8 Å². The Morgan fingerprint density at radius 3 is 2.62 bits per heavy atom. The van der Waals surface area contributed by atoms with Crippen LogP contribution in [0.4, 0.5) is 0 Å². The van der Waals surface area contributed by atoms with Crippen LogP contribution in [0.25, 0.3) is 5.57 Å². The lowest BCUT2D eigenvalue weighted by Gasteiger charge is -1.96. The molecule has 0 radical (unpaired) electrons. The normalized spacial score (nSPS) is 15.5. The number of rotatable bonds is 1. The predicted molar refractivity (Wildman–Crippen MR) is 45.4 cm³/mol.